The van der Waals surface area contributed by atoms with Crippen LogP contribution in [-0.4, -0.2) is 7.11 Å². The molecule has 0 aliphatic carbocycles. The van der Waals surface area contributed by atoms with Crippen LogP contribution in [0.5, 0.6) is 5.75 Å². The van der Waals surface area contributed by atoms with Crippen LogP contribution in [0.3, 0.4) is 0 Å². The van der Waals surface area contributed by atoms with Crippen molar-refractivity contribution in [1.29, 1.82) is 0 Å². The average Bonchev–Trinajstić information content (AvgIpc) is 2.04. The summed E-state index contributed by atoms with van der Waals surface area (Å²) in [6.07, 6.45) is -2.65. The number of hydrogen-bond acceptors (Lipinski definition) is 1. The SMILES string of the molecule is COc1ccc(C(F)F)cc1F. The molecular formula is C8H7F3O. The van der Waals surface area contributed by atoms with Crippen LogP contribution < -0.4 is 4.74 Å². The lowest BCUT2D eigenvalue weighted by Crippen LogP contribution is -1.90. The summed E-state index contributed by atoms with van der Waals surface area (Å²) in [6.45, 7) is 0. The first-order chi connectivity index (χ1) is 5.65. The minimum atomic E-state index is -2.65. The van der Waals surface area contributed by atoms with Crippen LogP contribution in [0.4, 0.5) is 13.2 Å². The van der Waals surface area contributed by atoms with Crippen molar-refractivity contribution >= 4 is 0 Å². The Morgan fingerprint density at radius 1 is 1.33 bits per heavy atom. The van der Waals surface area contributed by atoms with Crippen LogP contribution in [-0.2, 0) is 0 Å². The predicted molar refractivity (Wildman–Crippen MR) is 37.9 cm³/mol. The van der Waals surface area contributed by atoms with Crippen molar-refractivity contribution in [2.45, 2.75) is 6.43 Å². The van der Waals surface area contributed by atoms with E-state index in [1.54, 1.807) is 0 Å². The standard InChI is InChI=1S/C8H7F3O/c1-12-7-3-2-5(8(10)11)4-6(7)9/h2-4,8H,1H3. The van der Waals surface area contributed by atoms with Crippen LogP contribution in [0.1, 0.15) is 12.0 Å². The number of alkyl halides is 2. The Kier molecular flexibility index (Phi) is 2.58. The van der Waals surface area contributed by atoms with Crippen molar-refractivity contribution in [3.8, 4) is 5.75 Å². The van der Waals surface area contributed by atoms with E-state index in [9.17, 15) is 13.2 Å². The third kappa shape index (κ3) is 1.69. The molecule has 0 fully saturated rings. The Morgan fingerprint density at radius 2 is 2.00 bits per heavy atom. The van der Waals surface area contributed by atoms with Gasteiger partial charge in [-0.1, -0.05) is 0 Å². The molecule has 0 amide bonds. The van der Waals surface area contributed by atoms with Gasteiger partial charge in [-0.2, -0.15) is 0 Å². The van der Waals surface area contributed by atoms with E-state index in [4.69, 9.17) is 0 Å². The van der Waals surface area contributed by atoms with Gasteiger partial charge in [-0.25, -0.2) is 13.2 Å². The van der Waals surface area contributed by atoms with Gasteiger partial charge >= 0.3 is 0 Å². The Morgan fingerprint density at radius 3 is 2.42 bits per heavy atom. The maximum absolute atomic E-state index is 12.8. The van der Waals surface area contributed by atoms with Crippen LogP contribution in [0.15, 0.2) is 18.2 Å². The largest absolute Gasteiger partial charge is 0.494 e. The van der Waals surface area contributed by atoms with Crippen molar-refractivity contribution in [1.82, 2.24) is 0 Å². The Bertz CT molecular complexity index is 273. The summed E-state index contributed by atoms with van der Waals surface area (Å²) in [7, 11) is 1.28. The number of benzene rings is 1. The topological polar surface area (TPSA) is 9.23 Å². The van der Waals surface area contributed by atoms with Gasteiger partial charge in [0.25, 0.3) is 6.43 Å². The monoisotopic (exact) mass is 176 g/mol. The second kappa shape index (κ2) is 3.47. The van der Waals surface area contributed by atoms with E-state index in [1.807, 2.05) is 0 Å². The maximum Gasteiger partial charge on any atom is 0.263 e. The maximum atomic E-state index is 12.8. The Hall–Kier alpha value is -1.19. The van der Waals surface area contributed by atoms with Crippen LogP contribution in [0.2, 0.25) is 0 Å². The highest BCUT2D eigenvalue weighted by atomic mass is 19.3. The molecule has 0 saturated carbocycles. The second-order valence-corrected chi connectivity index (χ2v) is 2.19. The van der Waals surface area contributed by atoms with Gasteiger partial charge in [0.15, 0.2) is 11.6 Å². The molecule has 0 aliphatic heterocycles. The summed E-state index contributed by atoms with van der Waals surface area (Å²) in [5.74, 6) is -0.797. The molecule has 0 atom stereocenters. The molecule has 1 nitrogen and oxygen atoms in total. The molecule has 4 heteroatoms. The molecule has 1 rings (SSSR count). The third-order valence-electron chi connectivity index (χ3n) is 1.43. The molecule has 0 aromatic heterocycles. The van der Waals surface area contributed by atoms with Gasteiger partial charge in [-0.05, 0) is 18.2 Å². The minimum Gasteiger partial charge on any atom is -0.494 e. The fourth-order valence-corrected chi connectivity index (χ4v) is 0.818. The lowest BCUT2D eigenvalue weighted by Gasteiger charge is -2.03. The van der Waals surface area contributed by atoms with E-state index >= 15 is 0 Å². The first-order valence-corrected chi connectivity index (χ1v) is 3.26. The molecule has 12 heavy (non-hydrogen) atoms. The van der Waals surface area contributed by atoms with Gasteiger partial charge < -0.3 is 4.74 Å². The van der Waals surface area contributed by atoms with Crippen molar-refractivity contribution in [2.24, 2.45) is 0 Å². The molecule has 0 unspecified atom stereocenters. The molecule has 1 aromatic rings. The zero-order valence-corrected chi connectivity index (χ0v) is 6.35. The van der Waals surface area contributed by atoms with Crippen LogP contribution in [0, 0.1) is 5.82 Å². The lowest BCUT2D eigenvalue weighted by molar-refractivity contribution is 0.150. The summed E-state index contributed by atoms with van der Waals surface area (Å²) >= 11 is 0. The number of hydrogen-bond donors (Lipinski definition) is 0. The third-order valence-corrected chi connectivity index (χ3v) is 1.43. The fraction of sp³-hybridized carbons (Fsp3) is 0.250. The molecule has 1 aromatic carbocycles. The highest BCUT2D eigenvalue weighted by Crippen LogP contribution is 2.24. The van der Waals surface area contributed by atoms with Crippen molar-refractivity contribution in [2.75, 3.05) is 7.11 Å². The quantitative estimate of drug-likeness (QED) is 0.673. The van der Waals surface area contributed by atoms with Gasteiger partial charge in [0.2, 0.25) is 0 Å². The highest BCUT2D eigenvalue weighted by Gasteiger charge is 2.10. The van der Waals surface area contributed by atoms with Gasteiger partial charge in [-0.3, -0.25) is 0 Å². The Labute approximate surface area is 67.8 Å². The molecule has 0 radical (unpaired) electrons. The van der Waals surface area contributed by atoms with E-state index in [0.29, 0.717) is 0 Å². The molecule has 0 N–H and O–H groups in total. The lowest BCUT2D eigenvalue weighted by atomic mass is 10.2. The number of methoxy groups -OCH3 is 1. The van der Waals surface area contributed by atoms with Gasteiger partial charge in [0.05, 0.1) is 7.11 Å². The van der Waals surface area contributed by atoms with E-state index in [0.717, 1.165) is 12.1 Å². The normalized spacial score (nSPS) is 10.4. The zero-order valence-electron chi connectivity index (χ0n) is 6.35. The molecule has 0 bridgehead atoms. The van der Waals surface area contributed by atoms with E-state index in [1.165, 1.54) is 13.2 Å². The summed E-state index contributed by atoms with van der Waals surface area (Å²) < 4.78 is 41.3. The summed E-state index contributed by atoms with van der Waals surface area (Å²) in [6, 6.07) is 3.08. The zero-order chi connectivity index (χ0) is 9.14. The molecule has 0 spiro atoms. The molecule has 0 aliphatic rings. The first kappa shape index (κ1) is 8.90. The van der Waals surface area contributed by atoms with E-state index < -0.39 is 12.2 Å². The van der Waals surface area contributed by atoms with E-state index in [2.05, 4.69) is 4.74 Å². The van der Waals surface area contributed by atoms with Crippen LogP contribution >= 0.6 is 0 Å². The van der Waals surface area contributed by atoms with Gasteiger partial charge in [0.1, 0.15) is 0 Å². The summed E-state index contributed by atoms with van der Waals surface area (Å²) in [5.41, 5.74) is -0.340. The smallest absolute Gasteiger partial charge is 0.263 e. The summed E-state index contributed by atoms with van der Waals surface area (Å²) in [5, 5.41) is 0. The first-order valence-electron chi connectivity index (χ1n) is 3.26. The fourth-order valence-electron chi connectivity index (χ4n) is 0.818. The van der Waals surface area contributed by atoms with Gasteiger partial charge in [-0.15, -0.1) is 0 Å². The highest BCUT2D eigenvalue weighted by molar-refractivity contribution is 5.29. The second-order valence-electron chi connectivity index (χ2n) is 2.19. The average molecular weight is 176 g/mol. The van der Waals surface area contributed by atoms with Crippen molar-refractivity contribution in [3.05, 3.63) is 29.6 Å². The molecule has 66 valence electrons. The molecule has 0 saturated heterocycles. The molecular weight excluding hydrogens is 169 g/mol. The minimum absolute atomic E-state index is 0.0283. The van der Waals surface area contributed by atoms with E-state index in [-0.39, 0.29) is 11.3 Å². The van der Waals surface area contributed by atoms with Gasteiger partial charge in [0, 0.05) is 5.56 Å². The predicted octanol–water partition coefficient (Wildman–Crippen LogP) is 2.77. The molecule has 0 heterocycles. The number of rotatable bonds is 2. The number of ether oxygens (including phenoxy) is 1. The van der Waals surface area contributed by atoms with Crippen molar-refractivity contribution in [3.63, 3.8) is 0 Å². The summed E-state index contributed by atoms with van der Waals surface area (Å²) in [4.78, 5) is 0. The van der Waals surface area contributed by atoms with Crippen molar-refractivity contribution < 1.29 is 17.9 Å². The van der Waals surface area contributed by atoms with Crippen LogP contribution in [0.25, 0.3) is 0 Å². The number of halogens is 3. The Balaban J connectivity index is 3.02.